The minimum absolute atomic E-state index is 0.0137. The number of thiazole rings is 1. The second kappa shape index (κ2) is 5.72. The number of carboxylic acids is 1. The number of hydrogen-bond acceptors (Lipinski definition) is 3. The highest BCUT2D eigenvalue weighted by Gasteiger charge is 2.11. The summed E-state index contributed by atoms with van der Waals surface area (Å²) in [7, 11) is 0. The van der Waals surface area contributed by atoms with Gasteiger partial charge in [0.15, 0.2) is 0 Å². The summed E-state index contributed by atoms with van der Waals surface area (Å²) in [4.78, 5) is 16.1. The molecule has 0 atom stereocenters. The van der Waals surface area contributed by atoms with Gasteiger partial charge in [-0.05, 0) is 31.0 Å². The fraction of sp³-hybridized carbons (Fsp3) is 0.286. The van der Waals surface area contributed by atoms with Gasteiger partial charge in [0.2, 0.25) is 0 Å². The third-order valence-corrected chi connectivity index (χ3v) is 4.40. The van der Waals surface area contributed by atoms with Crippen molar-refractivity contribution in [2.24, 2.45) is 0 Å². The van der Waals surface area contributed by atoms with Gasteiger partial charge in [-0.2, -0.15) is 0 Å². The van der Waals surface area contributed by atoms with Crippen LogP contribution in [-0.4, -0.2) is 16.1 Å². The molecule has 2 rings (SSSR count). The van der Waals surface area contributed by atoms with Gasteiger partial charge < -0.3 is 5.11 Å². The molecule has 100 valence electrons. The first kappa shape index (κ1) is 14.0. The fourth-order valence-corrected chi connectivity index (χ4v) is 3.09. The van der Waals surface area contributed by atoms with E-state index in [2.05, 4.69) is 4.98 Å². The number of aromatic nitrogens is 1. The zero-order chi connectivity index (χ0) is 14.0. The molecule has 1 aromatic heterocycles. The lowest BCUT2D eigenvalue weighted by Crippen LogP contribution is -1.98. The molecule has 2 aromatic rings. The molecule has 5 heteroatoms. The predicted octanol–water partition coefficient (Wildman–Crippen LogP) is 3.63. The summed E-state index contributed by atoms with van der Waals surface area (Å²) in [5.41, 5.74) is 3.07. The van der Waals surface area contributed by atoms with Gasteiger partial charge in [-0.25, -0.2) is 4.98 Å². The van der Waals surface area contributed by atoms with Crippen LogP contribution in [0.3, 0.4) is 0 Å². The first-order valence-corrected chi connectivity index (χ1v) is 7.07. The van der Waals surface area contributed by atoms with Crippen LogP contribution < -0.4 is 0 Å². The molecule has 0 radical (unpaired) electrons. The van der Waals surface area contributed by atoms with Crippen molar-refractivity contribution >= 4 is 28.9 Å². The first-order chi connectivity index (χ1) is 8.95. The van der Waals surface area contributed by atoms with Crippen LogP contribution in [0.1, 0.15) is 26.7 Å². The quantitative estimate of drug-likeness (QED) is 0.937. The minimum Gasteiger partial charge on any atom is -0.481 e. The number of rotatable bonds is 4. The van der Waals surface area contributed by atoms with Gasteiger partial charge >= 0.3 is 5.97 Å². The van der Waals surface area contributed by atoms with E-state index in [9.17, 15) is 4.79 Å². The van der Waals surface area contributed by atoms with Crippen molar-refractivity contribution in [3.8, 4) is 0 Å². The summed E-state index contributed by atoms with van der Waals surface area (Å²) in [6.07, 6.45) is 0.725. The van der Waals surface area contributed by atoms with E-state index in [0.717, 1.165) is 33.1 Å². The average Bonchev–Trinajstić information content (AvgIpc) is 2.63. The van der Waals surface area contributed by atoms with Gasteiger partial charge in [0.1, 0.15) is 5.01 Å². The molecule has 0 spiro atoms. The standard InChI is InChI=1S/C14H14ClNO2S/c1-8-3-4-10(5-11(8)15)6-12-9(2)16-13(19-12)7-14(17)18/h3-5H,6-7H2,1-2H3,(H,17,18). The van der Waals surface area contributed by atoms with Gasteiger partial charge in [0.05, 0.1) is 12.1 Å². The van der Waals surface area contributed by atoms with E-state index in [1.807, 2.05) is 32.0 Å². The molecule has 1 N–H and O–H groups in total. The van der Waals surface area contributed by atoms with E-state index in [1.54, 1.807) is 0 Å². The number of carboxylic acid groups (broad SMARTS) is 1. The summed E-state index contributed by atoms with van der Waals surface area (Å²) in [6.45, 7) is 3.88. The molecule has 0 bridgehead atoms. The van der Waals surface area contributed by atoms with Crippen molar-refractivity contribution in [3.63, 3.8) is 0 Å². The summed E-state index contributed by atoms with van der Waals surface area (Å²) in [5.74, 6) is -0.848. The number of benzene rings is 1. The highest BCUT2D eigenvalue weighted by Crippen LogP contribution is 2.24. The Morgan fingerprint density at radius 3 is 2.79 bits per heavy atom. The van der Waals surface area contributed by atoms with E-state index in [1.165, 1.54) is 11.3 Å². The van der Waals surface area contributed by atoms with E-state index >= 15 is 0 Å². The molecule has 0 saturated heterocycles. The van der Waals surface area contributed by atoms with Crippen molar-refractivity contribution in [1.29, 1.82) is 0 Å². The third-order valence-electron chi connectivity index (χ3n) is 2.84. The number of aliphatic carboxylic acids is 1. The smallest absolute Gasteiger partial charge is 0.310 e. The predicted molar refractivity (Wildman–Crippen MR) is 77.2 cm³/mol. The lowest BCUT2D eigenvalue weighted by Gasteiger charge is -2.03. The molecule has 19 heavy (non-hydrogen) atoms. The number of aryl methyl sites for hydroxylation is 2. The van der Waals surface area contributed by atoms with Crippen molar-refractivity contribution < 1.29 is 9.90 Å². The Balaban J connectivity index is 2.20. The Kier molecular flexibility index (Phi) is 4.22. The third kappa shape index (κ3) is 3.55. The molecule has 0 fully saturated rings. The van der Waals surface area contributed by atoms with Crippen LogP contribution in [0.5, 0.6) is 0 Å². The number of nitrogens with zero attached hydrogens (tertiary/aromatic N) is 1. The molecular formula is C14H14ClNO2S. The second-order valence-electron chi connectivity index (χ2n) is 4.45. The van der Waals surface area contributed by atoms with Crippen molar-refractivity contribution in [2.45, 2.75) is 26.7 Å². The topological polar surface area (TPSA) is 50.2 Å². The molecule has 0 aliphatic heterocycles. The molecular weight excluding hydrogens is 282 g/mol. The zero-order valence-corrected chi connectivity index (χ0v) is 12.3. The van der Waals surface area contributed by atoms with E-state index in [4.69, 9.17) is 16.7 Å². The Labute approximate surface area is 120 Å². The van der Waals surface area contributed by atoms with Gasteiger partial charge in [0.25, 0.3) is 0 Å². The van der Waals surface area contributed by atoms with Crippen LogP contribution in [0.2, 0.25) is 5.02 Å². The highest BCUT2D eigenvalue weighted by atomic mass is 35.5. The van der Waals surface area contributed by atoms with Gasteiger partial charge in [0, 0.05) is 16.3 Å². The summed E-state index contributed by atoms with van der Waals surface area (Å²) >= 11 is 7.56. The zero-order valence-electron chi connectivity index (χ0n) is 10.7. The van der Waals surface area contributed by atoms with Gasteiger partial charge in [-0.1, -0.05) is 23.7 Å². The van der Waals surface area contributed by atoms with Gasteiger partial charge in [-0.3, -0.25) is 4.79 Å². The normalized spacial score (nSPS) is 10.7. The fourth-order valence-electron chi connectivity index (χ4n) is 1.79. The molecule has 3 nitrogen and oxygen atoms in total. The van der Waals surface area contributed by atoms with Crippen molar-refractivity contribution in [1.82, 2.24) is 4.98 Å². The molecule has 0 amide bonds. The maximum Gasteiger partial charge on any atom is 0.310 e. The summed E-state index contributed by atoms with van der Waals surface area (Å²) in [5, 5.41) is 10.2. The average molecular weight is 296 g/mol. The molecule has 0 unspecified atom stereocenters. The largest absolute Gasteiger partial charge is 0.481 e. The van der Waals surface area contributed by atoms with Crippen LogP contribution in [-0.2, 0) is 17.6 Å². The van der Waals surface area contributed by atoms with E-state index in [0.29, 0.717) is 5.01 Å². The lowest BCUT2D eigenvalue weighted by molar-refractivity contribution is -0.136. The van der Waals surface area contributed by atoms with Crippen molar-refractivity contribution in [3.05, 3.63) is 49.9 Å². The molecule has 1 heterocycles. The number of carbonyl (C=O) groups is 1. The minimum atomic E-state index is -0.848. The molecule has 1 aromatic carbocycles. The number of halogens is 1. The van der Waals surface area contributed by atoms with E-state index < -0.39 is 5.97 Å². The Morgan fingerprint density at radius 1 is 1.42 bits per heavy atom. The van der Waals surface area contributed by atoms with Crippen LogP contribution >= 0.6 is 22.9 Å². The highest BCUT2D eigenvalue weighted by molar-refractivity contribution is 7.11. The summed E-state index contributed by atoms with van der Waals surface area (Å²) in [6, 6.07) is 5.98. The Morgan fingerprint density at radius 2 is 2.16 bits per heavy atom. The molecule has 0 aliphatic carbocycles. The van der Waals surface area contributed by atoms with Crippen LogP contribution in [0, 0.1) is 13.8 Å². The second-order valence-corrected chi connectivity index (χ2v) is 6.02. The Bertz CT molecular complexity index is 622. The summed E-state index contributed by atoms with van der Waals surface area (Å²) < 4.78 is 0. The SMILES string of the molecule is Cc1ccc(Cc2sc(CC(=O)O)nc2C)cc1Cl. The maximum absolute atomic E-state index is 10.7. The van der Waals surface area contributed by atoms with Gasteiger partial charge in [-0.15, -0.1) is 11.3 Å². The monoisotopic (exact) mass is 295 g/mol. The Hall–Kier alpha value is -1.39. The first-order valence-electron chi connectivity index (χ1n) is 5.87. The van der Waals surface area contributed by atoms with Crippen molar-refractivity contribution in [2.75, 3.05) is 0 Å². The molecule has 0 saturated carbocycles. The van der Waals surface area contributed by atoms with Crippen LogP contribution in [0.25, 0.3) is 0 Å². The number of hydrogen-bond donors (Lipinski definition) is 1. The van der Waals surface area contributed by atoms with Crippen LogP contribution in [0.4, 0.5) is 0 Å². The molecule has 0 aliphatic rings. The van der Waals surface area contributed by atoms with Crippen LogP contribution in [0.15, 0.2) is 18.2 Å². The van der Waals surface area contributed by atoms with E-state index in [-0.39, 0.29) is 6.42 Å². The maximum atomic E-state index is 10.7. The lowest BCUT2D eigenvalue weighted by atomic mass is 10.1.